The Balaban J connectivity index is 2.46. The van der Waals surface area contributed by atoms with Crippen molar-refractivity contribution in [3.8, 4) is 0 Å². The second-order valence-corrected chi connectivity index (χ2v) is 2.91. The third kappa shape index (κ3) is 1.52. The van der Waals surface area contributed by atoms with Gasteiger partial charge in [0.25, 0.3) is 0 Å². The second-order valence-electron chi connectivity index (χ2n) is 2.91. The van der Waals surface area contributed by atoms with Crippen molar-refractivity contribution in [3.63, 3.8) is 0 Å². The van der Waals surface area contributed by atoms with Crippen LogP contribution in [-0.2, 0) is 4.74 Å². The van der Waals surface area contributed by atoms with Crippen LogP contribution in [0.25, 0.3) is 0 Å². The van der Waals surface area contributed by atoms with Gasteiger partial charge >= 0.3 is 0 Å². The quantitative estimate of drug-likeness (QED) is 0.531. The first-order chi connectivity index (χ1) is 4.27. The van der Waals surface area contributed by atoms with E-state index in [9.17, 15) is 0 Å². The third-order valence-corrected chi connectivity index (χ3v) is 1.98. The van der Waals surface area contributed by atoms with Gasteiger partial charge in [0.05, 0.1) is 0 Å². The largest absolute Gasteiger partial charge is 0.381 e. The van der Waals surface area contributed by atoms with Crippen LogP contribution in [0.5, 0.6) is 0 Å². The van der Waals surface area contributed by atoms with Gasteiger partial charge in [0.15, 0.2) is 0 Å². The van der Waals surface area contributed by atoms with E-state index in [-0.39, 0.29) is 5.41 Å². The standard InChI is InChI=1S/C7H13NO/c1-7(6-8)2-4-9-5-3-7/h6,8H,2-5H2,1H3. The molecule has 0 aromatic carbocycles. The smallest absolute Gasteiger partial charge is 0.0474 e. The van der Waals surface area contributed by atoms with E-state index in [1.807, 2.05) is 0 Å². The van der Waals surface area contributed by atoms with Gasteiger partial charge in [-0.1, -0.05) is 6.92 Å². The van der Waals surface area contributed by atoms with Crippen molar-refractivity contribution in [2.45, 2.75) is 19.8 Å². The van der Waals surface area contributed by atoms with Crippen molar-refractivity contribution < 1.29 is 4.74 Å². The zero-order chi connectivity index (χ0) is 6.74. The second kappa shape index (κ2) is 2.48. The van der Waals surface area contributed by atoms with Crippen LogP contribution in [0, 0.1) is 10.8 Å². The minimum atomic E-state index is 0.137. The first kappa shape index (κ1) is 6.75. The molecule has 2 nitrogen and oxygen atoms in total. The molecule has 0 saturated carbocycles. The lowest BCUT2D eigenvalue weighted by Crippen LogP contribution is -2.27. The summed E-state index contributed by atoms with van der Waals surface area (Å²) in [6.45, 7) is 3.76. The summed E-state index contributed by atoms with van der Waals surface area (Å²) in [5.41, 5.74) is 0.137. The van der Waals surface area contributed by atoms with E-state index in [4.69, 9.17) is 10.1 Å². The fraction of sp³-hybridized carbons (Fsp3) is 0.857. The highest BCUT2D eigenvalue weighted by Crippen LogP contribution is 2.26. The number of nitrogens with one attached hydrogen (secondary N) is 1. The van der Waals surface area contributed by atoms with Crippen LogP contribution in [0.2, 0.25) is 0 Å². The zero-order valence-corrected chi connectivity index (χ0v) is 5.81. The van der Waals surface area contributed by atoms with Crippen LogP contribution in [-0.4, -0.2) is 19.4 Å². The predicted molar refractivity (Wildman–Crippen MR) is 36.9 cm³/mol. The topological polar surface area (TPSA) is 33.1 Å². The van der Waals surface area contributed by atoms with E-state index in [0.717, 1.165) is 26.1 Å². The first-order valence-electron chi connectivity index (χ1n) is 3.36. The van der Waals surface area contributed by atoms with Gasteiger partial charge in [-0.15, -0.1) is 0 Å². The maximum atomic E-state index is 7.11. The van der Waals surface area contributed by atoms with E-state index in [2.05, 4.69) is 6.92 Å². The van der Waals surface area contributed by atoms with Gasteiger partial charge in [0.2, 0.25) is 0 Å². The van der Waals surface area contributed by atoms with E-state index >= 15 is 0 Å². The summed E-state index contributed by atoms with van der Waals surface area (Å²) in [5, 5.41) is 7.11. The molecule has 1 heterocycles. The average Bonchev–Trinajstić information content (AvgIpc) is 1.90. The molecule has 9 heavy (non-hydrogen) atoms. The molecule has 0 bridgehead atoms. The highest BCUT2D eigenvalue weighted by molar-refractivity contribution is 5.61. The summed E-state index contributed by atoms with van der Waals surface area (Å²) in [7, 11) is 0. The van der Waals surface area contributed by atoms with Crippen molar-refractivity contribution in [1.82, 2.24) is 0 Å². The molecule has 0 aliphatic carbocycles. The van der Waals surface area contributed by atoms with Crippen LogP contribution >= 0.6 is 0 Å². The van der Waals surface area contributed by atoms with Crippen molar-refractivity contribution in [1.29, 1.82) is 5.41 Å². The number of rotatable bonds is 1. The zero-order valence-electron chi connectivity index (χ0n) is 5.81. The van der Waals surface area contributed by atoms with Gasteiger partial charge in [-0.2, -0.15) is 0 Å². The minimum Gasteiger partial charge on any atom is -0.381 e. The van der Waals surface area contributed by atoms with Gasteiger partial charge < -0.3 is 10.1 Å². The molecule has 0 unspecified atom stereocenters. The first-order valence-corrected chi connectivity index (χ1v) is 3.36. The number of hydrogen-bond donors (Lipinski definition) is 1. The number of ether oxygens (including phenoxy) is 1. The van der Waals surface area contributed by atoms with Crippen LogP contribution in [0.15, 0.2) is 0 Å². The van der Waals surface area contributed by atoms with Gasteiger partial charge in [-0.25, -0.2) is 0 Å². The maximum absolute atomic E-state index is 7.11. The monoisotopic (exact) mass is 127 g/mol. The predicted octanol–water partition coefficient (Wildman–Crippen LogP) is 1.45. The lowest BCUT2D eigenvalue weighted by molar-refractivity contribution is 0.0539. The summed E-state index contributed by atoms with van der Waals surface area (Å²) in [5.74, 6) is 0. The average molecular weight is 127 g/mol. The van der Waals surface area contributed by atoms with E-state index in [0.29, 0.717) is 0 Å². The molecule has 1 fully saturated rings. The maximum Gasteiger partial charge on any atom is 0.0474 e. The van der Waals surface area contributed by atoms with E-state index in [1.165, 1.54) is 0 Å². The molecule has 1 N–H and O–H groups in total. The van der Waals surface area contributed by atoms with Crippen molar-refractivity contribution in [2.24, 2.45) is 5.41 Å². The summed E-state index contributed by atoms with van der Waals surface area (Å²) >= 11 is 0. The Morgan fingerprint density at radius 1 is 1.44 bits per heavy atom. The Morgan fingerprint density at radius 2 is 2.00 bits per heavy atom. The summed E-state index contributed by atoms with van der Waals surface area (Å²) in [4.78, 5) is 0. The van der Waals surface area contributed by atoms with Gasteiger partial charge in [0, 0.05) is 24.8 Å². The molecule has 0 spiro atoms. The van der Waals surface area contributed by atoms with Crippen molar-refractivity contribution in [3.05, 3.63) is 0 Å². The highest BCUT2D eigenvalue weighted by Gasteiger charge is 2.24. The Morgan fingerprint density at radius 3 is 2.33 bits per heavy atom. The molecular formula is C7H13NO. The third-order valence-electron chi connectivity index (χ3n) is 1.98. The Labute approximate surface area is 55.7 Å². The Hall–Kier alpha value is -0.370. The van der Waals surface area contributed by atoms with Gasteiger partial charge in [0.1, 0.15) is 0 Å². The molecule has 0 atom stereocenters. The molecule has 1 saturated heterocycles. The van der Waals surface area contributed by atoms with Crippen molar-refractivity contribution in [2.75, 3.05) is 13.2 Å². The van der Waals surface area contributed by atoms with Crippen LogP contribution < -0.4 is 0 Å². The molecule has 52 valence electrons. The van der Waals surface area contributed by atoms with Crippen LogP contribution in [0.4, 0.5) is 0 Å². The van der Waals surface area contributed by atoms with Gasteiger partial charge in [-0.05, 0) is 12.8 Å². The normalized spacial score (nSPS) is 25.4. The molecule has 1 aliphatic rings. The van der Waals surface area contributed by atoms with Crippen LogP contribution in [0.3, 0.4) is 0 Å². The Bertz CT molecular complexity index is 105. The molecule has 0 aromatic heterocycles. The molecule has 0 radical (unpaired) electrons. The fourth-order valence-electron chi connectivity index (χ4n) is 0.982. The van der Waals surface area contributed by atoms with E-state index < -0.39 is 0 Å². The lowest BCUT2D eigenvalue weighted by Gasteiger charge is -2.28. The van der Waals surface area contributed by atoms with Gasteiger partial charge in [-0.3, -0.25) is 0 Å². The highest BCUT2D eigenvalue weighted by atomic mass is 16.5. The summed E-state index contributed by atoms with van der Waals surface area (Å²) in [6.07, 6.45) is 3.57. The number of hydrogen-bond acceptors (Lipinski definition) is 2. The SMILES string of the molecule is CC1(C=N)CCOCC1. The molecule has 1 rings (SSSR count). The fourth-order valence-corrected chi connectivity index (χ4v) is 0.982. The summed E-state index contributed by atoms with van der Waals surface area (Å²) in [6, 6.07) is 0. The van der Waals surface area contributed by atoms with Crippen molar-refractivity contribution >= 4 is 6.21 Å². The molecule has 0 aromatic rings. The molecule has 0 amide bonds. The minimum absolute atomic E-state index is 0.137. The molecular weight excluding hydrogens is 114 g/mol. The molecule has 2 heteroatoms. The summed E-state index contributed by atoms with van der Waals surface area (Å²) < 4.78 is 5.16. The lowest BCUT2D eigenvalue weighted by atomic mass is 9.84. The molecule has 1 aliphatic heterocycles. The Kier molecular flexibility index (Phi) is 1.86. The van der Waals surface area contributed by atoms with Crippen LogP contribution in [0.1, 0.15) is 19.8 Å². The van der Waals surface area contributed by atoms with E-state index in [1.54, 1.807) is 6.21 Å².